The SMILES string of the molecule is COc1ccc2c(c1)[C@]13CCN(C(=O)OCC(Cl)(Cl)Cl)[C@H](C2)[C@@H]1OCOC3. The Morgan fingerprint density at radius 2 is 2.22 bits per heavy atom. The van der Waals surface area contributed by atoms with E-state index in [0.717, 1.165) is 11.3 Å². The first kappa shape index (κ1) is 19.4. The predicted molar refractivity (Wildman–Crippen MR) is 101 cm³/mol. The topological polar surface area (TPSA) is 57.2 Å². The van der Waals surface area contributed by atoms with Crippen LogP contribution >= 0.6 is 34.8 Å². The molecule has 0 unspecified atom stereocenters. The van der Waals surface area contributed by atoms with Gasteiger partial charge < -0.3 is 23.8 Å². The van der Waals surface area contributed by atoms with Gasteiger partial charge in [0.1, 0.15) is 19.1 Å². The number of halogens is 3. The molecule has 2 saturated heterocycles. The number of amides is 1. The molecule has 2 fully saturated rings. The van der Waals surface area contributed by atoms with E-state index in [0.29, 0.717) is 26.0 Å². The second-order valence-electron chi connectivity index (χ2n) is 7.12. The zero-order valence-corrected chi connectivity index (χ0v) is 17.0. The smallest absolute Gasteiger partial charge is 0.410 e. The monoisotopic (exact) mass is 435 g/mol. The minimum atomic E-state index is -1.64. The largest absolute Gasteiger partial charge is 0.497 e. The van der Waals surface area contributed by atoms with Crippen LogP contribution in [0.5, 0.6) is 5.75 Å². The highest BCUT2D eigenvalue weighted by atomic mass is 35.6. The molecule has 0 radical (unpaired) electrons. The van der Waals surface area contributed by atoms with Gasteiger partial charge in [0.2, 0.25) is 3.79 Å². The lowest BCUT2D eigenvalue weighted by molar-refractivity contribution is -0.218. The Bertz CT molecular complexity index is 740. The van der Waals surface area contributed by atoms with Gasteiger partial charge in [-0.15, -0.1) is 0 Å². The highest BCUT2D eigenvalue weighted by molar-refractivity contribution is 6.67. The van der Waals surface area contributed by atoms with E-state index in [1.165, 1.54) is 5.56 Å². The van der Waals surface area contributed by atoms with Crippen molar-refractivity contribution in [1.29, 1.82) is 0 Å². The summed E-state index contributed by atoms with van der Waals surface area (Å²) < 4.78 is 20.7. The van der Waals surface area contributed by atoms with E-state index < -0.39 is 9.89 Å². The van der Waals surface area contributed by atoms with Crippen LogP contribution in [0.3, 0.4) is 0 Å². The summed E-state index contributed by atoms with van der Waals surface area (Å²) in [4.78, 5) is 14.3. The summed E-state index contributed by atoms with van der Waals surface area (Å²) in [5.41, 5.74) is 2.03. The average Bonchev–Trinajstić information content (AvgIpc) is 2.65. The lowest BCUT2D eigenvalue weighted by Crippen LogP contribution is -2.68. The molecule has 1 aliphatic carbocycles. The van der Waals surface area contributed by atoms with E-state index in [1.54, 1.807) is 12.0 Å². The molecule has 0 spiro atoms. The van der Waals surface area contributed by atoms with E-state index in [2.05, 4.69) is 6.07 Å². The van der Waals surface area contributed by atoms with Crippen LogP contribution < -0.4 is 4.74 Å². The van der Waals surface area contributed by atoms with Crippen molar-refractivity contribution in [2.24, 2.45) is 0 Å². The predicted octanol–water partition coefficient (Wildman–Crippen LogP) is 3.44. The second kappa shape index (κ2) is 7.16. The summed E-state index contributed by atoms with van der Waals surface area (Å²) in [7, 11) is 1.65. The Labute approximate surface area is 172 Å². The average molecular weight is 437 g/mol. The van der Waals surface area contributed by atoms with Crippen LogP contribution in [0.1, 0.15) is 17.5 Å². The number of alkyl halides is 3. The quantitative estimate of drug-likeness (QED) is 0.665. The number of ether oxygens (including phenoxy) is 4. The molecule has 0 aromatic heterocycles. The first-order valence-electron chi connectivity index (χ1n) is 8.71. The third-order valence-electron chi connectivity index (χ3n) is 5.66. The lowest BCUT2D eigenvalue weighted by Gasteiger charge is -2.57. The fourth-order valence-electron chi connectivity index (χ4n) is 4.52. The number of rotatable bonds is 2. The molecule has 9 heteroatoms. The second-order valence-corrected chi connectivity index (χ2v) is 9.63. The number of methoxy groups -OCH3 is 1. The first-order valence-corrected chi connectivity index (χ1v) is 9.84. The number of hydrogen-bond acceptors (Lipinski definition) is 5. The summed E-state index contributed by atoms with van der Waals surface area (Å²) in [6.45, 7) is 0.973. The first-order chi connectivity index (χ1) is 12.8. The summed E-state index contributed by atoms with van der Waals surface area (Å²) in [5.74, 6) is 0.801. The number of carbonyl (C=O) groups excluding carboxylic acids is 1. The highest BCUT2D eigenvalue weighted by Gasteiger charge is 2.57. The van der Waals surface area contributed by atoms with E-state index in [-0.39, 0.29) is 31.0 Å². The Morgan fingerprint density at radius 1 is 1.41 bits per heavy atom. The number of nitrogens with zero attached hydrogens (tertiary/aromatic N) is 1. The van der Waals surface area contributed by atoms with Gasteiger partial charge in [-0.3, -0.25) is 0 Å². The molecule has 1 aromatic carbocycles. The molecular formula is C18H20Cl3NO5. The van der Waals surface area contributed by atoms with Crippen molar-refractivity contribution >= 4 is 40.9 Å². The van der Waals surface area contributed by atoms with Crippen LogP contribution in [0.25, 0.3) is 0 Å². The number of likely N-dealkylation sites (tertiary alicyclic amines) is 1. The Morgan fingerprint density at radius 3 is 2.96 bits per heavy atom. The van der Waals surface area contributed by atoms with Gasteiger partial charge in [-0.05, 0) is 36.1 Å². The molecule has 0 N–H and O–H groups in total. The number of fused-ring (bicyclic) bond motifs is 1. The van der Waals surface area contributed by atoms with Gasteiger partial charge in [0.25, 0.3) is 0 Å². The molecule has 0 saturated carbocycles. The number of piperidine rings is 1. The fourth-order valence-corrected chi connectivity index (χ4v) is 4.68. The van der Waals surface area contributed by atoms with Gasteiger partial charge in [0.15, 0.2) is 0 Å². The third-order valence-corrected chi connectivity index (χ3v) is 5.99. The van der Waals surface area contributed by atoms with E-state index >= 15 is 0 Å². The van der Waals surface area contributed by atoms with Crippen LogP contribution in [0.15, 0.2) is 18.2 Å². The minimum absolute atomic E-state index is 0.161. The highest BCUT2D eigenvalue weighted by Crippen LogP contribution is 2.49. The molecule has 27 heavy (non-hydrogen) atoms. The van der Waals surface area contributed by atoms with Crippen LogP contribution in [-0.2, 0) is 26.0 Å². The Hall–Kier alpha value is -0.920. The molecule has 4 rings (SSSR count). The van der Waals surface area contributed by atoms with Gasteiger partial charge in [-0.2, -0.15) is 0 Å². The minimum Gasteiger partial charge on any atom is -0.497 e. The van der Waals surface area contributed by atoms with Crippen LogP contribution in [0.2, 0.25) is 0 Å². The zero-order chi connectivity index (χ0) is 19.2. The molecule has 3 aliphatic rings. The van der Waals surface area contributed by atoms with E-state index in [9.17, 15) is 4.79 Å². The summed E-state index contributed by atoms with van der Waals surface area (Å²) >= 11 is 17.1. The van der Waals surface area contributed by atoms with Gasteiger partial charge in [-0.25, -0.2) is 4.79 Å². The molecule has 3 atom stereocenters. The standard InChI is InChI=1S/C18H20Cl3NO5/c1-24-12-3-2-11-6-14-15-17(13(11)7-12,8-25-10-27-15)4-5-22(14)16(23)26-9-18(19,20)21/h2-3,7,14-15H,4-6,8-10H2,1H3/t14-,15+,17-/m1/s1. The van der Waals surface area contributed by atoms with E-state index in [1.807, 2.05) is 12.1 Å². The maximum Gasteiger partial charge on any atom is 0.410 e. The third kappa shape index (κ3) is 3.47. The number of carbonyl (C=O) groups is 1. The number of benzene rings is 1. The molecule has 2 heterocycles. The van der Waals surface area contributed by atoms with E-state index in [4.69, 9.17) is 53.8 Å². The van der Waals surface area contributed by atoms with Crippen molar-refractivity contribution < 1.29 is 23.7 Å². The van der Waals surface area contributed by atoms with Crippen molar-refractivity contribution in [2.45, 2.75) is 34.2 Å². The molecule has 6 nitrogen and oxygen atoms in total. The molecule has 148 valence electrons. The van der Waals surface area contributed by atoms with Crippen molar-refractivity contribution in [3.05, 3.63) is 29.3 Å². The molecule has 1 amide bonds. The van der Waals surface area contributed by atoms with Crippen molar-refractivity contribution in [1.82, 2.24) is 4.90 Å². The maximum absolute atomic E-state index is 12.7. The lowest BCUT2D eigenvalue weighted by atomic mass is 9.62. The van der Waals surface area contributed by atoms with Gasteiger partial charge in [-0.1, -0.05) is 40.9 Å². The van der Waals surface area contributed by atoms with Gasteiger partial charge in [0, 0.05) is 12.0 Å². The Kier molecular flexibility index (Phi) is 5.14. The van der Waals surface area contributed by atoms with Crippen molar-refractivity contribution in [3.8, 4) is 5.75 Å². The maximum atomic E-state index is 12.7. The van der Waals surface area contributed by atoms with Crippen molar-refractivity contribution in [3.63, 3.8) is 0 Å². The van der Waals surface area contributed by atoms with Crippen LogP contribution in [0.4, 0.5) is 4.79 Å². The number of hydrogen-bond donors (Lipinski definition) is 0. The summed E-state index contributed by atoms with van der Waals surface area (Å²) in [6.07, 6.45) is 0.679. The summed E-state index contributed by atoms with van der Waals surface area (Å²) in [5, 5.41) is 0. The molecular weight excluding hydrogens is 417 g/mol. The van der Waals surface area contributed by atoms with Gasteiger partial charge >= 0.3 is 6.09 Å². The van der Waals surface area contributed by atoms with Crippen LogP contribution in [0, 0.1) is 0 Å². The zero-order valence-electron chi connectivity index (χ0n) is 14.8. The molecule has 2 bridgehead atoms. The molecule has 2 aliphatic heterocycles. The van der Waals surface area contributed by atoms with Crippen molar-refractivity contribution in [2.75, 3.05) is 33.7 Å². The normalized spacial score (nSPS) is 29.6. The Balaban J connectivity index is 1.66. The van der Waals surface area contributed by atoms with Crippen LogP contribution in [-0.4, -0.2) is 60.6 Å². The molecule has 1 aromatic rings. The summed E-state index contributed by atoms with van der Waals surface area (Å²) in [6, 6.07) is 5.88. The van der Waals surface area contributed by atoms with Gasteiger partial charge in [0.05, 0.1) is 25.9 Å². The fraction of sp³-hybridized carbons (Fsp3) is 0.611.